The summed E-state index contributed by atoms with van der Waals surface area (Å²) in [6.07, 6.45) is 8.49. The molecule has 0 N–H and O–H groups in total. The standard InChI is InChI=1S/C24H27FN4O2/c1-17-15-26-11-10-20(17)21-16-28(2)27-24(21)22-8-4-12-29(22)23(30)9-5-13-31-19-7-3-6-18(25)14-19/h3,6-7,10-11,14-16,22H,4-5,8-9,12-13H2,1-2H3/t22-/m0/s1. The number of rotatable bonds is 7. The summed E-state index contributed by atoms with van der Waals surface area (Å²) in [5.41, 5.74) is 4.18. The predicted molar refractivity (Wildman–Crippen MR) is 116 cm³/mol. The van der Waals surface area contributed by atoms with E-state index in [9.17, 15) is 9.18 Å². The Balaban J connectivity index is 1.42. The van der Waals surface area contributed by atoms with Crippen LogP contribution in [0.4, 0.5) is 4.39 Å². The van der Waals surface area contributed by atoms with Crippen molar-refractivity contribution in [3.8, 4) is 16.9 Å². The summed E-state index contributed by atoms with van der Waals surface area (Å²) in [6.45, 7) is 3.15. The van der Waals surface area contributed by atoms with Crippen LogP contribution in [-0.2, 0) is 11.8 Å². The summed E-state index contributed by atoms with van der Waals surface area (Å²) in [4.78, 5) is 19.1. The van der Waals surface area contributed by atoms with Gasteiger partial charge in [0.2, 0.25) is 5.91 Å². The van der Waals surface area contributed by atoms with E-state index in [2.05, 4.69) is 4.98 Å². The van der Waals surface area contributed by atoms with E-state index in [0.29, 0.717) is 25.2 Å². The Morgan fingerprint density at radius 2 is 2.16 bits per heavy atom. The van der Waals surface area contributed by atoms with Gasteiger partial charge in [-0.05, 0) is 55.5 Å². The van der Waals surface area contributed by atoms with E-state index in [1.807, 2.05) is 42.0 Å². The zero-order chi connectivity index (χ0) is 21.8. The van der Waals surface area contributed by atoms with E-state index in [-0.39, 0.29) is 17.8 Å². The molecule has 1 aromatic carbocycles. The van der Waals surface area contributed by atoms with Gasteiger partial charge in [-0.1, -0.05) is 6.07 Å². The number of pyridine rings is 1. The van der Waals surface area contributed by atoms with Gasteiger partial charge in [0.25, 0.3) is 0 Å². The van der Waals surface area contributed by atoms with E-state index in [0.717, 1.165) is 41.8 Å². The summed E-state index contributed by atoms with van der Waals surface area (Å²) in [6, 6.07) is 8.02. The topological polar surface area (TPSA) is 60.2 Å². The average Bonchev–Trinajstić information content (AvgIpc) is 3.38. The van der Waals surface area contributed by atoms with Crippen molar-refractivity contribution in [2.45, 2.75) is 38.6 Å². The SMILES string of the molecule is Cc1cnccc1-c1cn(C)nc1[C@@H]1CCCN1C(=O)CCCOc1cccc(F)c1. The lowest BCUT2D eigenvalue weighted by Gasteiger charge is -2.24. The molecule has 162 valence electrons. The second-order valence-corrected chi connectivity index (χ2v) is 7.95. The molecule has 4 rings (SSSR count). The first-order valence-corrected chi connectivity index (χ1v) is 10.7. The number of benzene rings is 1. The summed E-state index contributed by atoms with van der Waals surface area (Å²) < 4.78 is 20.6. The molecule has 1 aliphatic heterocycles. The third-order valence-electron chi connectivity index (χ3n) is 5.66. The maximum absolute atomic E-state index is 13.2. The highest BCUT2D eigenvalue weighted by Gasteiger charge is 2.33. The Kier molecular flexibility index (Phi) is 6.30. The zero-order valence-electron chi connectivity index (χ0n) is 17.9. The fourth-order valence-corrected chi connectivity index (χ4v) is 4.20. The lowest BCUT2D eigenvalue weighted by Crippen LogP contribution is -2.31. The molecule has 0 spiro atoms. The third kappa shape index (κ3) is 4.76. The van der Waals surface area contributed by atoms with Gasteiger partial charge in [-0.3, -0.25) is 14.5 Å². The first kappa shape index (κ1) is 21.0. The summed E-state index contributed by atoms with van der Waals surface area (Å²) >= 11 is 0. The normalized spacial score (nSPS) is 16.0. The summed E-state index contributed by atoms with van der Waals surface area (Å²) in [7, 11) is 1.91. The number of ether oxygens (including phenoxy) is 1. The van der Waals surface area contributed by atoms with Crippen LogP contribution in [0.2, 0.25) is 0 Å². The predicted octanol–water partition coefficient (Wildman–Crippen LogP) is 4.45. The Labute approximate surface area is 181 Å². The molecule has 1 saturated heterocycles. The van der Waals surface area contributed by atoms with Crippen LogP contribution in [0.15, 0.2) is 48.9 Å². The van der Waals surface area contributed by atoms with Crippen LogP contribution in [0, 0.1) is 12.7 Å². The minimum absolute atomic E-state index is 0.0274. The van der Waals surface area contributed by atoms with Gasteiger partial charge < -0.3 is 9.64 Å². The molecule has 0 unspecified atom stereocenters. The first-order chi connectivity index (χ1) is 15.0. The maximum atomic E-state index is 13.2. The molecular formula is C24H27FN4O2. The van der Waals surface area contributed by atoms with Crippen LogP contribution in [-0.4, -0.2) is 38.7 Å². The molecule has 0 radical (unpaired) electrons. The molecule has 0 bridgehead atoms. The van der Waals surface area contributed by atoms with E-state index in [1.165, 1.54) is 12.1 Å². The van der Waals surface area contributed by atoms with Crippen molar-refractivity contribution < 1.29 is 13.9 Å². The van der Waals surface area contributed by atoms with Gasteiger partial charge >= 0.3 is 0 Å². The van der Waals surface area contributed by atoms with Crippen molar-refractivity contribution in [3.63, 3.8) is 0 Å². The molecule has 7 heteroatoms. The Hall–Kier alpha value is -3.22. The number of carbonyl (C=O) groups is 1. The Morgan fingerprint density at radius 1 is 1.29 bits per heavy atom. The maximum Gasteiger partial charge on any atom is 0.223 e. The molecule has 1 atom stereocenters. The lowest BCUT2D eigenvalue weighted by molar-refractivity contribution is -0.132. The minimum atomic E-state index is -0.330. The van der Waals surface area contributed by atoms with Crippen LogP contribution >= 0.6 is 0 Å². The number of carbonyl (C=O) groups excluding carboxylic acids is 1. The highest BCUT2D eigenvalue weighted by Crippen LogP contribution is 2.38. The zero-order valence-corrected chi connectivity index (χ0v) is 17.9. The van der Waals surface area contributed by atoms with E-state index < -0.39 is 0 Å². The number of halogens is 1. The highest BCUT2D eigenvalue weighted by atomic mass is 19.1. The number of amides is 1. The van der Waals surface area contributed by atoms with Crippen LogP contribution in [0.1, 0.15) is 43.0 Å². The molecule has 31 heavy (non-hydrogen) atoms. The van der Waals surface area contributed by atoms with Crippen LogP contribution in [0.3, 0.4) is 0 Å². The van der Waals surface area contributed by atoms with Gasteiger partial charge in [0.1, 0.15) is 11.6 Å². The summed E-state index contributed by atoms with van der Waals surface area (Å²) in [5, 5.41) is 4.73. The van der Waals surface area contributed by atoms with E-state index >= 15 is 0 Å². The monoisotopic (exact) mass is 422 g/mol. The van der Waals surface area contributed by atoms with Gasteiger partial charge in [-0.15, -0.1) is 0 Å². The van der Waals surface area contributed by atoms with Crippen LogP contribution < -0.4 is 4.74 Å². The Morgan fingerprint density at radius 3 is 2.97 bits per heavy atom. The number of likely N-dealkylation sites (tertiary alicyclic amines) is 1. The molecule has 6 nitrogen and oxygen atoms in total. The van der Waals surface area contributed by atoms with E-state index in [1.54, 1.807) is 18.3 Å². The quantitative estimate of drug-likeness (QED) is 0.528. The van der Waals surface area contributed by atoms with Gasteiger partial charge in [-0.2, -0.15) is 5.10 Å². The van der Waals surface area contributed by atoms with Crippen molar-refractivity contribution in [2.75, 3.05) is 13.2 Å². The van der Waals surface area contributed by atoms with Gasteiger partial charge in [0, 0.05) is 50.2 Å². The van der Waals surface area contributed by atoms with Crippen molar-refractivity contribution in [1.82, 2.24) is 19.7 Å². The number of nitrogens with zero attached hydrogens (tertiary/aromatic N) is 4. The smallest absolute Gasteiger partial charge is 0.223 e. The number of aromatic nitrogens is 3. The molecule has 2 aromatic heterocycles. The van der Waals surface area contributed by atoms with Crippen molar-refractivity contribution in [1.29, 1.82) is 0 Å². The molecule has 1 amide bonds. The van der Waals surface area contributed by atoms with Crippen molar-refractivity contribution >= 4 is 5.91 Å². The van der Waals surface area contributed by atoms with Crippen LogP contribution in [0.25, 0.3) is 11.1 Å². The number of aryl methyl sites for hydroxylation is 2. The minimum Gasteiger partial charge on any atom is -0.493 e. The first-order valence-electron chi connectivity index (χ1n) is 10.7. The number of hydrogen-bond donors (Lipinski definition) is 0. The van der Waals surface area contributed by atoms with Gasteiger partial charge in [-0.25, -0.2) is 4.39 Å². The second kappa shape index (κ2) is 9.29. The van der Waals surface area contributed by atoms with Crippen molar-refractivity contribution in [3.05, 3.63) is 66.0 Å². The molecule has 1 fully saturated rings. The summed E-state index contributed by atoms with van der Waals surface area (Å²) in [5.74, 6) is 0.259. The third-order valence-corrected chi connectivity index (χ3v) is 5.66. The Bertz CT molecular complexity index is 1070. The molecule has 3 aromatic rings. The molecule has 3 heterocycles. The van der Waals surface area contributed by atoms with E-state index in [4.69, 9.17) is 9.84 Å². The van der Waals surface area contributed by atoms with Crippen molar-refractivity contribution in [2.24, 2.45) is 7.05 Å². The molecule has 0 aliphatic carbocycles. The lowest BCUT2D eigenvalue weighted by atomic mass is 9.98. The van der Waals surface area contributed by atoms with Gasteiger partial charge in [0.15, 0.2) is 0 Å². The fraction of sp³-hybridized carbons (Fsp3) is 0.375. The average molecular weight is 423 g/mol. The highest BCUT2D eigenvalue weighted by molar-refractivity contribution is 5.78. The molecule has 0 saturated carbocycles. The second-order valence-electron chi connectivity index (χ2n) is 7.95. The largest absolute Gasteiger partial charge is 0.493 e. The van der Waals surface area contributed by atoms with Gasteiger partial charge in [0.05, 0.1) is 18.3 Å². The molecule has 1 aliphatic rings. The fourth-order valence-electron chi connectivity index (χ4n) is 4.20. The number of hydrogen-bond acceptors (Lipinski definition) is 4. The molecular weight excluding hydrogens is 395 g/mol. The van der Waals surface area contributed by atoms with Crippen LogP contribution in [0.5, 0.6) is 5.75 Å².